The number of carbonyl (C=O) groups excluding carboxylic acids is 1. The Morgan fingerprint density at radius 2 is 1.81 bits per heavy atom. The predicted molar refractivity (Wildman–Crippen MR) is 141 cm³/mol. The van der Waals surface area contributed by atoms with Crippen LogP contribution in [0.15, 0.2) is 66.9 Å². The molecule has 1 saturated carbocycles. The zero-order valence-corrected chi connectivity index (χ0v) is 20.5. The maximum atomic E-state index is 13.6. The van der Waals surface area contributed by atoms with Crippen molar-refractivity contribution in [2.24, 2.45) is 0 Å². The van der Waals surface area contributed by atoms with Crippen molar-refractivity contribution in [2.45, 2.75) is 44.2 Å². The molecule has 0 bridgehead atoms. The van der Waals surface area contributed by atoms with E-state index in [2.05, 4.69) is 10.3 Å². The highest BCUT2D eigenvalue weighted by Gasteiger charge is 2.23. The summed E-state index contributed by atoms with van der Waals surface area (Å²) in [6.45, 7) is 0.0332. The van der Waals surface area contributed by atoms with E-state index in [0.717, 1.165) is 53.3 Å². The van der Waals surface area contributed by atoms with Crippen molar-refractivity contribution in [2.75, 3.05) is 13.4 Å². The van der Waals surface area contributed by atoms with Crippen LogP contribution in [0.2, 0.25) is 0 Å². The number of ether oxygens (including phenoxy) is 3. The second kappa shape index (κ2) is 10.2. The van der Waals surface area contributed by atoms with Crippen molar-refractivity contribution in [3.8, 4) is 28.4 Å². The molecule has 2 aliphatic rings. The number of amides is 1. The van der Waals surface area contributed by atoms with Crippen molar-refractivity contribution in [3.05, 3.63) is 78.0 Å². The lowest BCUT2D eigenvalue weighted by Crippen LogP contribution is -2.39. The van der Waals surface area contributed by atoms with Crippen molar-refractivity contribution >= 4 is 16.8 Å². The number of aliphatic hydroxyl groups excluding tert-OH is 1. The first-order valence-corrected chi connectivity index (χ1v) is 12.9. The van der Waals surface area contributed by atoms with E-state index >= 15 is 0 Å². The molecule has 4 aromatic rings. The first kappa shape index (κ1) is 23.4. The maximum Gasteiger partial charge on any atom is 0.255 e. The minimum Gasteiger partial charge on any atom is -0.490 e. The van der Waals surface area contributed by atoms with Crippen LogP contribution < -0.4 is 19.5 Å². The molecule has 0 saturated heterocycles. The first-order valence-electron chi connectivity index (χ1n) is 12.9. The van der Waals surface area contributed by atoms with Gasteiger partial charge in [0.1, 0.15) is 5.75 Å². The summed E-state index contributed by atoms with van der Waals surface area (Å²) in [5, 5.41) is 14.3. The number of aliphatic hydroxyl groups is 1. The molecule has 1 aliphatic heterocycles. The number of hydrogen-bond donors (Lipinski definition) is 3. The molecular formula is C30H30N2O5. The molecular weight excluding hydrogens is 468 g/mol. The number of fused-ring (bicyclic) bond motifs is 2. The zero-order chi connectivity index (χ0) is 25.2. The topological polar surface area (TPSA) is 92.8 Å². The van der Waals surface area contributed by atoms with E-state index < -0.39 is 6.04 Å². The van der Waals surface area contributed by atoms with Crippen LogP contribution in [-0.2, 0) is 6.42 Å². The third-order valence-corrected chi connectivity index (χ3v) is 7.22. The molecule has 1 fully saturated rings. The second-order valence-electron chi connectivity index (χ2n) is 9.72. The summed E-state index contributed by atoms with van der Waals surface area (Å²) in [5.41, 5.74) is 4.33. The predicted octanol–water partition coefficient (Wildman–Crippen LogP) is 5.22. The van der Waals surface area contributed by atoms with Gasteiger partial charge in [-0.2, -0.15) is 0 Å². The standard InChI is InChI=1S/C30H30N2O5/c33-17-22(13-21-16-31-26-8-4-3-7-24(21)26)32-30(34)25-14-19(9-11-27(25)37-23-5-1-2-6-23)20-10-12-28-29(15-20)36-18-35-28/h3-4,7-12,14-16,22-23,31,33H,1-2,5-6,13,17-18H2,(H,32,34)/t22-/m1/s1. The number of H-pyrrole nitrogens is 1. The van der Waals surface area contributed by atoms with Gasteiger partial charge in [0.05, 0.1) is 24.3 Å². The van der Waals surface area contributed by atoms with Gasteiger partial charge in [-0.15, -0.1) is 0 Å². The van der Waals surface area contributed by atoms with Crippen molar-refractivity contribution < 1.29 is 24.1 Å². The molecule has 1 aromatic heterocycles. The zero-order valence-electron chi connectivity index (χ0n) is 20.5. The van der Waals surface area contributed by atoms with Crippen LogP contribution in [0.5, 0.6) is 17.2 Å². The Labute approximate surface area is 215 Å². The lowest BCUT2D eigenvalue weighted by atomic mass is 10.0. The quantitative estimate of drug-likeness (QED) is 0.310. The molecule has 7 nitrogen and oxygen atoms in total. The molecule has 3 aromatic carbocycles. The number of aromatic amines is 1. The van der Waals surface area contributed by atoms with E-state index in [9.17, 15) is 9.90 Å². The van der Waals surface area contributed by atoms with Gasteiger partial charge in [0.25, 0.3) is 5.91 Å². The Hall–Kier alpha value is -3.97. The van der Waals surface area contributed by atoms with Gasteiger partial charge in [-0.3, -0.25) is 4.79 Å². The Kier molecular flexibility index (Phi) is 6.45. The summed E-state index contributed by atoms with van der Waals surface area (Å²) in [7, 11) is 0. The van der Waals surface area contributed by atoms with Crippen LogP contribution >= 0.6 is 0 Å². The van der Waals surface area contributed by atoms with Crippen molar-refractivity contribution in [3.63, 3.8) is 0 Å². The van der Waals surface area contributed by atoms with Gasteiger partial charge in [0, 0.05) is 17.1 Å². The summed E-state index contributed by atoms with van der Waals surface area (Å²) >= 11 is 0. The molecule has 3 N–H and O–H groups in total. The van der Waals surface area contributed by atoms with Gasteiger partial charge < -0.3 is 29.6 Å². The smallest absolute Gasteiger partial charge is 0.255 e. The highest BCUT2D eigenvalue weighted by Crippen LogP contribution is 2.37. The first-order chi connectivity index (χ1) is 18.2. The summed E-state index contributed by atoms with van der Waals surface area (Å²) in [5.74, 6) is 1.70. The lowest BCUT2D eigenvalue weighted by molar-refractivity contribution is 0.0909. The van der Waals surface area contributed by atoms with Gasteiger partial charge in [-0.1, -0.05) is 30.3 Å². The summed E-state index contributed by atoms with van der Waals surface area (Å²) in [6, 6.07) is 19.0. The van der Waals surface area contributed by atoms with E-state index in [1.54, 1.807) is 0 Å². The third-order valence-electron chi connectivity index (χ3n) is 7.22. The van der Waals surface area contributed by atoms with E-state index in [1.807, 2.05) is 66.9 Å². The number of hydrogen-bond acceptors (Lipinski definition) is 5. The molecule has 0 spiro atoms. The SMILES string of the molecule is O=C(N[C@@H](CO)Cc1c[nH]c2ccccc12)c1cc(-c2ccc3c(c2)OCO3)ccc1OC1CCCC1. The highest BCUT2D eigenvalue weighted by atomic mass is 16.7. The largest absolute Gasteiger partial charge is 0.490 e. The number of benzene rings is 3. The van der Waals surface area contributed by atoms with Gasteiger partial charge >= 0.3 is 0 Å². The fourth-order valence-corrected chi connectivity index (χ4v) is 5.24. The van der Waals surface area contributed by atoms with E-state index in [-0.39, 0.29) is 25.4 Å². The fourth-order valence-electron chi connectivity index (χ4n) is 5.24. The average molecular weight is 499 g/mol. The number of rotatable bonds is 8. The number of aromatic nitrogens is 1. The molecule has 1 amide bonds. The Morgan fingerprint density at radius 3 is 2.68 bits per heavy atom. The minimum absolute atomic E-state index is 0.114. The molecule has 0 unspecified atom stereocenters. The monoisotopic (exact) mass is 498 g/mol. The lowest BCUT2D eigenvalue weighted by Gasteiger charge is -2.20. The van der Waals surface area contributed by atoms with Crippen LogP contribution in [0.4, 0.5) is 0 Å². The highest BCUT2D eigenvalue weighted by molar-refractivity contribution is 5.98. The molecule has 37 heavy (non-hydrogen) atoms. The number of para-hydroxylation sites is 1. The molecule has 190 valence electrons. The molecule has 6 rings (SSSR count). The van der Waals surface area contributed by atoms with E-state index in [0.29, 0.717) is 29.2 Å². The number of nitrogens with one attached hydrogen (secondary N) is 2. The van der Waals surface area contributed by atoms with Crippen LogP contribution in [0.25, 0.3) is 22.0 Å². The maximum absolute atomic E-state index is 13.6. The van der Waals surface area contributed by atoms with Crippen LogP contribution in [-0.4, -0.2) is 41.5 Å². The molecule has 2 heterocycles. The van der Waals surface area contributed by atoms with Crippen LogP contribution in [0.1, 0.15) is 41.6 Å². The number of carbonyl (C=O) groups is 1. The molecule has 7 heteroatoms. The van der Waals surface area contributed by atoms with Crippen molar-refractivity contribution in [1.82, 2.24) is 10.3 Å². The molecule has 1 atom stereocenters. The van der Waals surface area contributed by atoms with E-state index in [4.69, 9.17) is 14.2 Å². The van der Waals surface area contributed by atoms with E-state index in [1.165, 1.54) is 0 Å². The van der Waals surface area contributed by atoms with Crippen LogP contribution in [0.3, 0.4) is 0 Å². The Balaban J connectivity index is 1.28. The fraction of sp³-hybridized carbons (Fsp3) is 0.300. The Morgan fingerprint density at radius 1 is 1.03 bits per heavy atom. The Bertz CT molecular complexity index is 1420. The summed E-state index contributed by atoms with van der Waals surface area (Å²) in [4.78, 5) is 16.9. The molecule has 1 aliphatic carbocycles. The summed E-state index contributed by atoms with van der Waals surface area (Å²) in [6.07, 6.45) is 6.82. The average Bonchev–Trinajstić information content (AvgIpc) is 3.70. The van der Waals surface area contributed by atoms with Gasteiger partial charge in [-0.25, -0.2) is 0 Å². The van der Waals surface area contributed by atoms with Crippen molar-refractivity contribution in [1.29, 1.82) is 0 Å². The minimum atomic E-state index is -0.444. The summed E-state index contributed by atoms with van der Waals surface area (Å²) < 4.78 is 17.3. The van der Waals surface area contributed by atoms with Crippen LogP contribution in [0, 0.1) is 0 Å². The molecule has 0 radical (unpaired) electrons. The van der Waals surface area contributed by atoms with Gasteiger partial charge in [0.2, 0.25) is 6.79 Å². The van der Waals surface area contributed by atoms with Gasteiger partial charge in [-0.05, 0) is 79.1 Å². The van der Waals surface area contributed by atoms with Gasteiger partial charge in [0.15, 0.2) is 11.5 Å². The third kappa shape index (κ3) is 4.87. The normalized spacial score (nSPS) is 15.7. The second-order valence-corrected chi connectivity index (χ2v) is 9.72.